The van der Waals surface area contributed by atoms with Gasteiger partial charge in [-0.1, -0.05) is 19.3 Å². The third-order valence-corrected chi connectivity index (χ3v) is 3.36. The molecule has 1 rings (SSSR count). The minimum atomic E-state index is -0.852. The molecule has 0 bridgehead atoms. The van der Waals surface area contributed by atoms with E-state index in [2.05, 4.69) is 31.5 Å². The van der Waals surface area contributed by atoms with Gasteiger partial charge < -0.3 is 16.0 Å². The van der Waals surface area contributed by atoms with E-state index in [1.165, 1.54) is 11.0 Å². The van der Waals surface area contributed by atoms with E-state index in [4.69, 9.17) is 5.41 Å². The lowest BCUT2D eigenvalue weighted by Crippen LogP contribution is -2.47. The predicted octanol–water partition coefficient (Wildman–Crippen LogP) is -1.43. The fourth-order valence-corrected chi connectivity index (χ4v) is 2.05. The number of amides is 2. The summed E-state index contributed by atoms with van der Waals surface area (Å²) in [6.45, 7) is 5.73. The van der Waals surface area contributed by atoms with Crippen LogP contribution >= 0.6 is 0 Å². The van der Waals surface area contributed by atoms with Gasteiger partial charge in [0, 0.05) is 13.1 Å². The van der Waals surface area contributed by atoms with E-state index in [1.54, 1.807) is 12.0 Å². The lowest BCUT2D eigenvalue weighted by atomic mass is 10.1. The molecule has 1 aromatic rings. The molecule has 0 aliphatic rings. The number of hydrazine groups is 1. The van der Waals surface area contributed by atoms with E-state index in [1.807, 2.05) is 13.8 Å². The summed E-state index contributed by atoms with van der Waals surface area (Å²) in [6, 6.07) is -0.813. The molecule has 1 heterocycles. The van der Waals surface area contributed by atoms with Crippen LogP contribution in [0.2, 0.25) is 0 Å². The van der Waals surface area contributed by atoms with Gasteiger partial charge in [0.1, 0.15) is 18.9 Å². The highest BCUT2D eigenvalue weighted by Crippen LogP contribution is 2.02. The second-order valence-corrected chi connectivity index (χ2v) is 6.28. The Kier molecular flexibility index (Phi) is 9.85. The number of tetrazole rings is 1. The van der Waals surface area contributed by atoms with Crippen molar-refractivity contribution < 1.29 is 14.6 Å². The van der Waals surface area contributed by atoms with Crippen molar-refractivity contribution in [2.24, 2.45) is 5.92 Å². The fourth-order valence-electron chi connectivity index (χ4n) is 2.05. The summed E-state index contributed by atoms with van der Waals surface area (Å²) >= 11 is 0. The Morgan fingerprint density at radius 2 is 2.14 bits per heavy atom. The van der Waals surface area contributed by atoms with Gasteiger partial charge in [-0.3, -0.25) is 15.0 Å². The molecule has 28 heavy (non-hydrogen) atoms. The average molecular weight is 397 g/mol. The first-order valence-electron chi connectivity index (χ1n) is 8.63. The van der Waals surface area contributed by atoms with Gasteiger partial charge in [0.25, 0.3) is 5.96 Å². The second-order valence-electron chi connectivity index (χ2n) is 6.28. The van der Waals surface area contributed by atoms with Crippen LogP contribution < -0.4 is 21.4 Å². The zero-order valence-corrected chi connectivity index (χ0v) is 15.7. The van der Waals surface area contributed by atoms with Gasteiger partial charge in [-0.15, -0.1) is 5.10 Å². The molecule has 1 aromatic heterocycles. The summed E-state index contributed by atoms with van der Waals surface area (Å²) in [4.78, 5) is 34.7. The number of hydrogen-bond acceptors (Lipinski definition) is 8. The first-order chi connectivity index (χ1) is 13.3. The van der Waals surface area contributed by atoms with Crippen molar-refractivity contribution in [2.75, 3.05) is 6.54 Å². The Morgan fingerprint density at radius 3 is 2.75 bits per heavy atom. The van der Waals surface area contributed by atoms with Crippen molar-refractivity contribution >= 4 is 17.8 Å². The molecule has 0 saturated carbocycles. The highest BCUT2D eigenvalue weighted by Gasteiger charge is 2.21. The standard InChI is InChI=1S/C14H25N10O4/c1-10(2)5-7-16-13(26)11(4-3-6-17-14(15)20-24(27)28)19-12(25)8-23-9-18-21-22-23/h7,9-11H,3-6,8H2,1-2H3,(H,16,26)(H,19,25)(H3,15,17,20)/t11-/m0/s1. The van der Waals surface area contributed by atoms with Crippen LogP contribution in [0.15, 0.2) is 6.33 Å². The summed E-state index contributed by atoms with van der Waals surface area (Å²) in [7, 11) is 0. The number of carbonyl (C=O) groups is 2. The molecule has 0 aliphatic carbocycles. The van der Waals surface area contributed by atoms with Crippen LogP contribution in [0.25, 0.3) is 0 Å². The molecule has 0 spiro atoms. The minimum Gasteiger partial charge on any atom is -0.352 e. The minimum absolute atomic E-state index is 0.137. The number of carbonyl (C=O) groups excluding carboxylic acids is 2. The third kappa shape index (κ3) is 9.98. The number of hydrogen-bond donors (Lipinski definition) is 5. The van der Waals surface area contributed by atoms with Crippen LogP contribution in [0.4, 0.5) is 0 Å². The van der Waals surface area contributed by atoms with E-state index < -0.39 is 22.9 Å². The van der Waals surface area contributed by atoms with Crippen molar-refractivity contribution in [3.8, 4) is 0 Å². The lowest BCUT2D eigenvalue weighted by molar-refractivity contribution is -0.525. The number of guanidine groups is 1. The summed E-state index contributed by atoms with van der Waals surface area (Å²) in [5.41, 5.74) is 1.67. The first kappa shape index (κ1) is 22.7. The maximum Gasteiger partial charge on any atom is 0.251 e. The molecule has 0 aliphatic heterocycles. The number of aromatic nitrogens is 4. The molecular weight excluding hydrogens is 372 g/mol. The van der Waals surface area contributed by atoms with Gasteiger partial charge in [-0.25, -0.2) is 14.8 Å². The Morgan fingerprint density at radius 1 is 1.39 bits per heavy atom. The third-order valence-electron chi connectivity index (χ3n) is 3.36. The maximum atomic E-state index is 12.4. The number of nitrogens with zero attached hydrogens (tertiary/aromatic N) is 5. The molecule has 0 aromatic carbocycles. The fraction of sp³-hybridized carbons (Fsp3) is 0.643. The maximum absolute atomic E-state index is 12.4. The van der Waals surface area contributed by atoms with Gasteiger partial charge in [0.2, 0.25) is 11.8 Å². The summed E-state index contributed by atoms with van der Waals surface area (Å²) in [5, 5.41) is 34.9. The normalized spacial score (nSPS) is 11.5. The average Bonchev–Trinajstić information content (AvgIpc) is 3.09. The van der Waals surface area contributed by atoms with Crippen LogP contribution in [0.5, 0.6) is 0 Å². The molecule has 155 valence electrons. The van der Waals surface area contributed by atoms with Crippen molar-refractivity contribution in [3.63, 3.8) is 0 Å². The number of rotatable bonds is 12. The summed E-state index contributed by atoms with van der Waals surface area (Å²) < 4.78 is 1.22. The number of nitrogens with one attached hydrogen (secondary N) is 5. The molecule has 1 radical (unpaired) electrons. The monoisotopic (exact) mass is 397 g/mol. The van der Waals surface area contributed by atoms with Crippen LogP contribution in [0.1, 0.15) is 33.1 Å². The van der Waals surface area contributed by atoms with Gasteiger partial charge in [0.05, 0.1) is 0 Å². The van der Waals surface area contributed by atoms with Gasteiger partial charge in [-0.05, 0) is 35.6 Å². The van der Waals surface area contributed by atoms with Crippen molar-refractivity contribution in [3.05, 3.63) is 23.0 Å². The van der Waals surface area contributed by atoms with Crippen molar-refractivity contribution in [1.29, 1.82) is 5.41 Å². The molecule has 5 N–H and O–H groups in total. The number of nitro groups is 1. The van der Waals surface area contributed by atoms with Crippen molar-refractivity contribution in [2.45, 2.75) is 45.7 Å². The first-order valence-corrected chi connectivity index (χ1v) is 8.63. The van der Waals surface area contributed by atoms with Gasteiger partial charge in [-0.2, -0.15) is 0 Å². The molecule has 14 nitrogen and oxygen atoms in total. The zero-order valence-electron chi connectivity index (χ0n) is 15.7. The van der Waals surface area contributed by atoms with E-state index in [-0.39, 0.29) is 25.4 Å². The Balaban J connectivity index is 2.51. The van der Waals surface area contributed by atoms with Crippen LogP contribution in [0.3, 0.4) is 0 Å². The highest BCUT2D eigenvalue weighted by molar-refractivity contribution is 5.87. The SMILES string of the molecule is CC(C)C[CH]NC(=O)[C@H](CCCNC(=N)N[N+](=O)[O-])NC(=O)Cn1cnnn1. The molecular formula is C14H25N10O4. The smallest absolute Gasteiger partial charge is 0.251 e. The molecule has 2 amide bonds. The zero-order chi connectivity index (χ0) is 20.9. The van der Waals surface area contributed by atoms with Crippen molar-refractivity contribution in [1.82, 2.24) is 41.6 Å². The Labute approximate surface area is 161 Å². The largest absolute Gasteiger partial charge is 0.352 e. The summed E-state index contributed by atoms with van der Waals surface area (Å²) in [6.07, 6.45) is 2.61. The summed E-state index contributed by atoms with van der Waals surface area (Å²) in [5.74, 6) is -0.896. The molecule has 1 atom stereocenters. The molecule has 0 unspecified atom stereocenters. The van der Waals surface area contributed by atoms with Crippen LogP contribution in [-0.4, -0.2) is 55.6 Å². The lowest BCUT2D eigenvalue weighted by Gasteiger charge is -2.19. The topological polar surface area (TPSA) is 193 Å². The van der Waals surface area contributed by atoms with Crippen LogP contribution in [-0.2, 0) is 16.1 Å². The predicted molar refractivity (Wildman–Crippen MR) is 96.7 cm³/mol. The highest BCUT2D eigenvalue weighted by atomic mass is 16.7. The van der Waals surface area contributed by atoms with E-state index in [9.17, 15) is 19.7 Å². The van der Waals surface area contributed by atoms with E-state index in [0.29, 0.717) is 18.8 Å². The van der Waals surface area contributed by atoms with E-state index >= 15 is 0 Å². The van der Waals surface area contributed by atoms with E-state index in [0.717, 1.165) is 0 Å². The Hall–Kier alpha value is -3.32. The molecule has 14 heteroatoms. The molecule has 0 saturated heterocycles. The quantitative estimate of drug-likeness (QED) is 0.0923. The van der Waals surface area contributed by atoms with Gasteiger partial charge in [0.15, 0.2) is 5.03 Å². The van der Waals surface area contributed by atoms with Gasteiger partial charge >= 0.3 is 0 Å². The second kappa shape index (κ2) is 12.1. The van der Waals surface area contributed by atoms with Crippen LogP contribution in [0, 0.1) is 28.0 Å². The molecule has 0 fully saturated rings. The Bertz CT molecular complexity index is 649.